The van der Waals surface area contributed by atoms with E-state index in [0.29, 0.717) is 12.6 Å². The van der Waals surface area contributed by atoms with Crippen LogP contribution in [-0.4, -0.2) is 19.2 Å². The molecule has 1 aromatic carbocycles. The standard InChI is InChI=1S/C13H19NO/c1-3-8-12(14-4-2)11-15-13-9-6-5-7-10-13/h3,5-7,9-10,12,14H,1,4,8,11H2,2H3. The largest absolute Gasteiger partial charge is 0.492 e. The molecule has 1 aromatic rings. The van der Waals surface area contributed by atoms with E-state index in [1.54, 1.807) is 0 Å². The third-order valence-corrected chi connectivity index (χ3v) is 2.14. The first kappa shape index (κ1) is 11.8. The first-order valence-electron chi connectivity index (χ1n) is 5.39. The molecule has 0 aliphatic heterocycles. The van der Waals surface area contributed by atoms with Crippen molar-refractivity contribution < 1.29 is 4.74 Å². The van der Waals surface area contributed by atoms with Crippen molar-refractivity contribution in [2.75, 3.05) is 13.2 Å². The fraction of sp³-hybridized carbons (Fsp3) is 0.385. The van der Waals surface area contributed by atoms with E-state index in [9.17, 15) is 0 Å². The van der Waals surface area contributed by atoms with Gasteiger partial charge in [0.05, 0.1) is 0 Å². The van der Waals surface area contributed by atoms with Crippen molar-refractivity contribution in [2.24, 2.45) is 0 Å². The number of rotatable bonds is 7. The van der Waals surface area contributed by atoms with Crippen LogP contribution in [0.15, 0.2) is 43.0 Å². The van der Waals surface area contributed by atoms with Gasteiger partial charge in [-0.05, 0) is 25.1 Å². The van der Waals surface area contributed by atoms with E-state index in [0.717, 1.165) is 18.7 Å². The summed E-state index contributed by atoms with van der Waals surface area (Å²) in [6.07, 6.45) is 2.85. The summed E-state index contributed by atoms with van der Waals surface area (Å²) in [5.74, 6) is 0.921. The van der Waals surface area contributed by atoms with Gasteiger partial charge < -0.3 is 10.1 Å². The quantitative estimate of drug-likeness (QED) is 0.691. The predicted octanol–water partition coefficient (Wildman–Crippen LogP) is 2.62. The SMILES string of the molecule is C=CCC(COc1ccccc1)NCC. The lowest BCUT2D eigenvalue weighted by atomic mass is 10.2. The molecular weight excluding hydrogens is 186 g/mol. The predicted molar refractivity (Wildman–Crippen MR) is 64.2 cm³/mol. The van der Waals surface area contributed by atoms with E-state index in [1.165, 1.54) is 0 Å². The fourth-order valence-electron chi connectivity index (χ4n) is 1.41. The number of nitrogens with one attached hydrogen (secondary N) is 1. The van der Waals surface area contributed by atoms with Crippen LogP contribution in [0.2, 0.25) is 0 Å². The molecule has 0 spiro atoms. The summed E-state index contributed by atoms with van der Waals surface area (Å²) in [4.78, 5) is 0. The fourth-order valence-corrected chi connectivity index (χ4v) is 1.41. The molecule has 0 amide bonds. The zero-order valence-corrected chi connectivity index (χ0v) is 9.28. The lowest BCUT2D eigenvalue weighted by Gasteiger charge is -2.16. The summed E-state index contributed by atoms with van der Waals surface area (Å²) in [6.45, 7) is 7.48. The van der Waals surface area contributed by atoms with E-state index < -0.39 is 0 Å². The summed E-state index contributed by atoms with van der Waals surface area (Å²) < 4.78 is 5.66. The van der Waals surface area contributed by atoms with Gasteiger partial charge in [0, 0.05) is 6.04 Å². The molecule has 15 heavy (non-hydrogen) atoms. The highest BCUT2D eigenvalue weighted by molar-refractivity contribution is 5.20. The van der Waals surface area contributed by atoms with Gasteiger partial charge >= 0.3 is 0 Å². The van der Waals surface area contributed by atoms with Gasteiger partial charge in [-0.3, -0.25) is 0 Å². The highest BCUT2D eigenvalue weighted by atomic mass is 16.5. The molecule has 0 fully saturated rings. The van der Waals surface area contributed by atoms with Gasteiger partial charge in [0.25, 0.3) is 0 Å². The van der Waals surface area contributed by atoms with Crippen LogP contribution in [0.3, 0.4) is 0 Å². The maximum Gasteiger partial charge on any atom is 0.119 e. The third kappa shape index (κ3) is 4.66. The van der Waals surface area contributed by atoms with Crippen LogP contribution < -0.4 is 10.1 Å². The van der Waals surface area contributed by atoms with Crippen LogP contribution in [0.1, 0.15) is 13.3 Å². The molecule has 1 atom stereocenters. The Morgan fingerprint density at radius 2 is 2.13 bits per heavy atom. The van der Waals surface area contributed by atoms with E-state index in [2.05, 4.69) is 18.8 Å². The molecule has 0 aliphatic rings. The van der Waals surface area contributed by atoms with Crippen molar-refractivity contribution in [1.29, 1.82) is 0 Å². The van der Waals surface area contributed by atoms with Crippen LogP contribution in [0.4, 0.5) is 0 Å². The van der Waals surface area contributed by atoms with Gasteiger partial charge in [-0.15, -0.1) is 6.58 Å². The number of likely N-dealkylation sites (N-methyl/N-ethyl adjacent to an activating group) is 1. The van der Waals surface area contributed by atoms with Gasteiger partial charge in [-0.1, -0.05) is 31.2 Å². The Balaban J connectivity index is 2.36. The Labute approximate surface area is 92.0 Å². The minimum atomic E-state index is 0.354. The molecule has 0 heterocycles. The van der Waals surface area contributed by atoms with Crippen LogP contribution >= 0.6 is 0 Å². The Morgan fingerprint density at radius 1 is 1.40 bits per heavy atom. The summed E-state index contributed by atoms with van der Waals surface area (Å²) in [5, 5.41) is 3.36. The lowest BCUT2D eigenvalue weighted by Crippen LogP contribution is -2.34. The molecule has 2 nitrogen and oxygen atoms in total. The zero-order chi connectivity index (χ0) is 10.9. The molecule has 0 aromatic heterocycles. The molecule has 0 aliphatic carbocycles. The number of ether oxygens (including phenoxy) is 1. The Kier molecular flexibility index (Phi) is 5.56. The van der Waals surface area contributed by atoms with Crippen molar-refractivity contribution >= 4 is 0 Å². The average Bonchev–Trinajstić information content (AvgIpc) is 2.28. The Bertz CT molecular complexity index is 271. The Morgan fingerprint density at radius 3 is 2.73 bits per heavy atom. The molecule has 2 heteroatoms. The first-order chi connectivity index (χ1) is 7.36. The van der Waals surface area contributed by atoms with Crippen LogP contribution in [0.25, 0.3) is 0 Å². The Hall–Kier alpha value is -1.28. The molecule has 0 radical (unpaired) electrons. The zero-order valence-electron chi connectivity index (χ0n) is 9.28. The second kappa shape index (κ2) is 7.07. The molecule has 0 saturated carbocycles. The second-order valence-corrected chi connectivity index (χ2v) is 3.40. The van der Waals surface area contributed by atoms with Crippen molar-refractivity contribution in [2.45, 2.75) is 19.4 Å². The molecule has 82 valence electrons. The molecule has 0 saturated heterocycles. The van der Waals surface area contributed by atoms with Crippen LogP contribution in [0, 0.1) is 0 Å². The molecule has 1 unspecified atom stereocenters. The molecule has 1 N–H and O–H groups in total. The maximum absolute atomic E-state index is 5.66. The number of hydrogen-bond donors (Lipinski definition) is 1. The van der Waals surface area contributed by atoms with Gasteiger partial charge in [0.1, 0.15) is 12.4 Å². The van der Waals surface area contributed by atoms with Crippen molar-refractivity contribution in [1.82, 2.24) is 5.32 Å². The second-order valence-electron chi connectivity index (χ2n) is 3.40. The summed E-state index contributed by atoms with van der Waals surface area (Å²) in [6, 6.07) is 10.2. The van der Waals surface area contributed by atoms with Gasteiger partial charge in [-0.2, -0.15) is 0 Å². The number of benzene rings is 1. The normalized spacial score (nSPS) is 12.1. The topological polar surface area (TPSA) is 21.3 Å². The monoisotopic (exact) mass is 205 g/mol. The molecule has 0 bridgehead atoms. The van der Waals surface area contributed by atoms with Crippen LogP contribution in [0.5, 0.6) is 5.75 Å². The van der Waals surface area contributed by atoms with Gasteiger partial charge in [-0.25, -0.2) is 0 Å². The number of hydrogen-bond acceptors (Lipinski definition) is 2. The molecular formula is C13H19NO. The van der Waals surface area contributed by atoms with E-state index in [1.807, 2.05) is 36.4 Å². The smallest absolute Gasteiger partial charge is 0.119 e. The first-order valence-corrected chi connectivity index (χ1v) is 5.39. The average molecular weight is 205 g/mol. The minimum absolute atomic E-state index is 0.354. The highest BCUT2D eigenvalue weighted by Gasteiger charge is 2.05. The van der Waals surface area contributed by atoms with Crippen molar-refractivity contribution in [3.8, 4) is 5.75 Å². The summed E-state index contributed by atoms with van der Waals surface area (Å²) in [7, 11) is 0. The summed E-state index contributed by atoms with van der Waals surface area (Å²) in [5.41, 5.74) is 0. The summed E-state index contributed by atoms with van der Waals surface area (Å²) >= 11 is 0. The van der Waals surface area contributed by atoms with Crippen molar-refractivity contribution in [3.63, 3.8) is 0 Å². The highest BCUT2D eigenvalue weighted by Crippen LogP contribution is 2.09. The minimum Gasteiger partial charge on any atom is -0.492 e. The number of para-hydroxylation sites is 1. The van der Waals surface area contributed by atoms with E-state index in [-0.39, 0.29) is 0 Å². The van der Waals surface area contributed by atoms with E-state index >= 15 is 0 Å². The van der Waals surface area contributed by atoms with Crippen LogP contribution in [-0.2, 0) is 0 Å². The molecule has 1 rings (SSSR count). The maximum atomic E-state index is 5.66. The third-order valence-electron chi connectivity index (χ3n) is 2.14. The lowest BCUT2D eigenvalue weighted by molar-refractivity contribution is 0.266. The van der Waals surface area contributed by atoms with Crippen molar-refractivity contribution in [3.05, 3.63) is 43.0 Å². The van der Waals surface area contributed by atoms with Gasteiger partial charge in [0.2, 0.25) is 0 Å². The van der Waals surface area contributed by atoms with Gasteiger partial charge in [0.15, 0.2) is 0 Å². The van der Waals surface area contributed by atoms with E-state index in [4.69, 9.17) is 4.74 Å².